The maximum absolute atomic E-state index is 14.3. The third-order valence-electron chi connectivity index (χ3n) is 8.61. The summed E-state index contributed by atoms with van der Waals surface area (Å²) in [5.41, 5.74) is 4.81. The minimum Gasteiger partial charge on any atom is -0.492 e. The Labute approximate surface area is 292 Å². The number of esters is 1. The second-order valence-electron chi connectivity index (χ2n) is 12.9. The standard InChI is InChI=1S/C40H37N3O4S2/c1-5-46-38(45)34-35(26-12-7-6-8-13-26)41-39-43(36(34)32-16-11-23-48-32)37(44)33(49-39)24-27-25-42(31-15-10-9-14-30(27)31)21-22-47-29-19-17-28(18-20-29)40(2,3)4/h6-20,23-25,36H,5,21-22H2,1-4H3/b33-24-. The molecule has 0 spiro atoms. The van der Waals surface area contributed by atoms with Crippen LogP contribution in [-0.2, 0) is 21.5 Å². The Morgan fingerprint density at radius 3 is 2.43 bits per heavy atom. The predicted molar refractivity (Wildman–Crippen MR) is 198 cm³/mol. The fourth-order valence-electron chi connectivity index (χ4n) is 6.19. The van der Waals surface area contributed by atoms with Crippen LogP contribution in [0, 0.1) is 0 Å². The highest BCUT2D eigenvalue weighted by Crippen LogP contribution is 2.37. The lowest BCUT2D eigenvalue weighted by molar-refractivity contribution is -0.138. The minimum absolute atomic E-state index is 0.0859. The monoisotopic (exact) mass is 687 g/mol. The van der Waals surface area contributed by atoms with Gasteiger partial charge in [0.25, 0.3) is 5.56 Å². The van der Waals surface area contributed by atoms with Gasteiger partial charge in [-0.25, -0.2) is 9.79 Å². The van der Waals surface area contributed by atoms with Crippen molar-refractivity contribution in [2.75, 3.05) is 13.2 Å². The number of thiazole rings is 1. The van der Waals surface area contributed by atoms with Crippen molar-refractivity contribution in [2.45, 2.75) is 45.7 Å². The summed E-state index contributed by atoms with van der Waals surface area (Å²) in [7, 11) is 0. The van der Waals surface area contributed by atoms with Crippen molar-refractivity contribution in [3.05, 3.63) is 149 Å². The number of carbonyl (C=O) groups is 1. The highest BCUT2D eigenvalue weighted by molar-refractivity contribution is 7.10. The third kappa shape index (κ3) is 6.44. The molecule has 3 aromatic heterocycles. The van der Waals surface area contributed by atoms with Crippen molar-refractivity contribution in [1.82, 2.24) is 9.13 Å². The fraction of sp³-hybridized carbons (Fsp3) is 0.225. The average molecular weight is 688 g/mol. The normalized spacial score (nSPS) is 14.9. The molecule has 3 aromatic carbocycles. The molecule has 0 amide bonds. The van der Waals surface area contributed by atoms with Crippen molar-refractivity contribution in [1.29, 1.82) is 0 Å². The number of aromatic nitrogens is 2. The quantitative estimate of drug-likeness (QED) is 0.149. The summed E-state index contributed by atoms with van der Waals surface area (Å²) >= 11 is 2.83. The van der Waals surface area contributed by atoms with Crippen LogP contribution in [-0.4, -0.2) is 28.3 Å². The Bertz CT molecular complexity index is 2340. The largest absolute Gasteiger partial charge is 0.492 e. The molecule has 0 aliphatic carbocycles. The zero-order valence-electron chi connectivity index (χ0n) is 27.9. The van der Waals surface area contributed by atoms with Crippen LogP contribution in [0.25, 0.3) is 22.7 Å². The number of benzene rings is 3. The van der Waals surface area contributed by atoms with E-state index in [4.69, 9.17) is 14.5 Å². The number of para-hydroxylation sites is 1. The molecule has 7 nitrogen and oxygen atoms in total. The van der Waals surface area contributed by atoms with Gasteiger partial charge >= 0.3 is 5.97 Å². The summed E-state index contributed by atoms with van der Waals surface area (Å²) in [5.74, 6) is 0.358. The molecule has 49 heavy (non-hydrogen) atoms. The molecule has 9 heteroatoms. The smallest absolute Gasteiger partial charge is 0.338 e. The number of carbonyl (C=O) groups excluding carboxylic acids is 1. The van der Waals surface area contributed by atoms with Gasteiger partial charge in [-0.3, -0.25) is 9.36 Å². The molecule has 7 rings (SSSR count). The molecule has 0 bridgehead atoms. The van der Waals surface area contributed by atoms with E-state index in [0.29, 0.717) is 33.8 Å². The Morgan fingerprint density at radius 1 is 0.959 bits per heavy atom. The van der Waals surface area contributed by atoms with Crippen LogP contribution in [0.3, 0.4) is 0 Å². The highest BCUT2D eigenvalue weighted by Gasteiger charge is 2.35. The fourth-order valence-corrected chi connectivity index (χ4v) is 8.00. The number of ether oxygens (including phenoxy) is 2. The maximum atomic E-state index is 14.3. The molecule has 1 unspecified atom stereocenters. The van der Waals surface area contributed by atoms with Gasteiger partial charge in [-0.05, 0) is 53.6 Å². The van der Waals surface area contributed by atoms with Crippen LogP contribution in [0.2, 0.25) is 0 Å². The van der Waals surface area contributed by atoms with Gasteiger partial charge in [-0.1, -0.05) is 98.8 Å². The van der Waals surface area contributed by atoms with Gasteiger partial charge < -0.3 is 14.0 Å². The van der Waals surface area contributed by atoms with Gasteiger partial charge in [0, 0.05) is 33.1 Å². The molecule has 0 N–H and O–H groups in total. The Kier molecular flexibility index (Phi) is 8.96. The van der Waals surface area contributed by atoms with Crippen molar-refractivity contribution in [2.24, 2.45) is 4.99 Å². The first-order valence-electron chi connectivity index (χ1n) is 16.4. The number of fused-ring (bicyclic) bond motifs is 2. The average Bonchev–Trinajstić information content (AvgIpc) is 3.83. The second-order valence-corrected chi connectivity index (χ2v) is 14.9. The van der Waals surface area contributed by atoms with Crippen LogP contribution in [0.4, 0.5) is 0 Å². The van der Waals surface area contributed by atoms with Crippen molar-refractivity contribution in [3.8, 4) is 5.75 Å². The molecule has 4 heterocycles. The van der Waals surface area contributed by atoms with Gasteiger partial charge in [-0.2, -0.15) is 0 Å². The van der Waals surface area contributed by atoms with Gasteiger partial charge in [0.1, 0.15) is 18.4 Å². The molecular weight excluding hydrogens is 651 g/mol. The van der Waals surface area contributed by atoms with E-state index in [1.54, 1.807) is 11.5 Å². The molecule has 0 radical (unpaired) electrons. The first kappa shape index (κ1) is 32.6. The number of nitrogens with zero attached hydrogens (tertiary/aromatic N) is 3. The second kappa shape index (κ2) is 13.5. The summed E-state index contributed by atoms with van der Waals surface area (Å²) in [6.07, 6.45) is 4.02. The van der Waals surface area contributed by atoms with E-state index < -0.39 is 12.0 Å². The van der Waals surface area contributed by atoms with Crippen molar-refractivity contribution >= 4 is 51.3 Å². The summed E-state index contributed by atoms with van der Waals surface area (Å²) in [4.78, 5) is 34.3. The Morgan fingerprint density at radius 2 is 1.71 bits per heavy atom. The third-order valence-corrected chi connectivity index (χ3v) is 10.5. The van der Waals surface area contributed by atoms with Crippen LogP contribution < -0.4 is 19.6 Å². The lowest BCUT2D eigenvalue weighted by Crippen LogP contribution is -2.39. The summed E-state index contributed by atoms with van der Waals surface area (Å²) < 4.78 is 16.1. The molecule has 1 aliphatic heterocycles. The highest BCUT2D eigenvalue weighted by atomic mass is 32.1. The molecule has 0 saturated carbocycles. The summed E-state index contributed by atoms with van der Waals surface area (Å²) in [6.45, 7) is 9.72. The van der Waals surface area contributed by atoms with Crippen molar-refractivity contribution < 1.29 is 14.3 Å². The SMILES string of the molecule is CCOC(=O)C1=C(c2ccccc2)N=c2s/c(=C\c3cn(CCOc4ccc(C(C)(C)C)cc4)c4ccccc34)c(=O)n2C1c1cccs1. The van der Waals surface area contributed by atoms with Crippen LogP contribution in [0.1, 0.15) is 55.3 Å². The van der Waals surface area contributed by atoms with E-state index in [2.05, 4.69) is 55.8 Å². The van der Waals surface area contributed by atoms with E-state index in [9.17, 15) is 9.59 Å². The molecular formula is C40H37N3O4S2. The van der Waals surface area contributed by atoms with E-state index >= 15 is 0 Å². The molecule has 0 saturated heterocycles. The number of hydrogen-bond donors (Lipinski definition) is 0. The first-order valence-corrected chi connectivity index (χ1v) is 18.1. The lowest BCUT2D eigenvalue weighted by Gasteiger charge is -2.24. The van der Waals surface area contributed by atoms with Crippen LogP contribution in [0.15, 0.2) is 118 Å². The van der Waals surface area contributed by atoms with Crippen LogP contribution >= 0.6 is 22.7 Å². The topological polar surface area (TPSA) is 74.8 Å². The number of thiophene rings is 1. The summed E-state index contributed by atoms with van der Waals surface area (Å²) in [5, 5.41) is 2.99. The van der Waals surface area contributed by atoms with Gasteiger partial charge in [-0.15, -0.1) is 11.3 Å². The van der Waals surface area contributed by atoms with E-state index in [1.165, 1.54) is 28.2 Å². The summed E-state index contributed by atoms with van der Waals surface area (Å²) in [6, 6.07) is 29.3. The van der Waals surface area contributed by atoms with E-state index in [-0.39, 0.29) is 17.6 Å². The molecule has 1 atom stereocenters. The number of rotatable bonds is 9. The van der Waals surface area contributed by atoms with E-state index in [1.807, 2.05) is 78.2 Å². The number of hydrogen-bond acceptors (Lipinski definition) is 7. The Hall–Kier alpha value is -4.99. The van der Waals surface area contributed by atoms with Crippen molar-refractivity contribution in [3.63, 3.8) is 0 Å². The zero-order valence-corrected chi connectivity index (χ0v) is 29.5. The molecule has 248 valence electrons. The van der Waals surface area contributed by atoms with Gasteiger partial charge in [0.2, 0.25) is 0 Å². The zero-order chi connectivity index (χ0) is 34.1. The van der Waals surface area contributed by atoms with Gasteiger partial charge in [0.15, 0.2) is 4.80 Å². The first-order chi connectivity index (χ1) is 23.7. The minimum atomic E-state index is -0.663. The maximum Gasteiger partial charge on any atom is 0.338 e. The lowest BCUT2D eigenvalue weighted by atomic mass is 9.87. The molecule has 1 aliphatic rings. The predicted octanol–water partition coefficient (Wildman–Crippen LogP) is 7.33. The van der Waals surface area contributed by atoms with E-state index in [0.717, 1.165) is 32.7 Å². The van der Waals surface area contributed by atoms with Gasteiger partial charge in [0.05, 0.1) is 29.0 Å². The van der Waals surface area contributed by atoms with Crippen LogP contribution in [0.5, 0.6) is 5.75 Å². The molecule has 0 fully saturated rings. The molecule has 6 aromatic rings. The Balaban J connectivity index is 1.28.